The molecular weight excluding hydrogens is 248 g/mol. The first kappa shape index (κ1) is 16.2. The van der Waals surface area contributed by atoms with Crippen molar-refractivity contribution < 1.29 is 9.53 Å². The van der Waals surface area contributed by atoms with Crippen molar-refractivity contribution in [2.45, 2.75) is 40.0 Å². The van der Waals surface area contributed by atoms with Gasteiger partial charge in [0, 0.05) is 0 Å². The van der Waals surface area contributed by atoms with Crippen LogP contribution in [0.25, 0.3) is 0 Å². The third kappa shape index (κ3) is 6.93. The zero-order valence-electron chi connectivity index (χ0n) is 12.6. The van der Waals surface area contributed by atoms with Gasteiger partial charge in [0.05, 0.1) is 12.7 Å². The number of rotatable bonds is 7. The summed E-state index contributed by atoms with van der Waals surface area (Å²) in [6.07, 6.45) is 7.91. The lowest BCUT2D eigenvalue weighted by Gasteiger charge is -2.08. The Morgan fingerprint density at radius 1 is 1.30 bits per heavy atom. The molecule has 0 saturated carbocycles. The highest BCUT2D eigenvalue weighted by atomic mass is 16.5. The van der Waals surface area contributed by atoms with E-state index in [-0.39, 0.29) is 5.97 Å². The predicted molar refractivity (Wildman–Crippen MR) is 83.2 cm³/mol. The molecule has 108 valence electrons. The predicted octanol–water partition coefficient (Wildman–Crippen LogP) is 4.67. The molecule has 0 saturated heterocycles. The highest BCUT2D eigenvalue weighted by Gasteiger charge is 2.03. The Labute approximate surface area is 122 Å². The van der Waals surface area contributed by atoms with Crippen LogP contribution in [0.3, 0.4) is 0 Å². The van der Waals surface area contributed by atoms with Gasteiger partial charge in [0.1, 0.15) is 0 Å². The van der Waals surface area contributed by atoms with Crippen LogP contribution in [0.2, 0.25) is 0 Å². The summed E-state index contributed by atoms with van der Waals surface area (Å²) in [7, 11) is 0. The van der Waals surface area contributed by atoms with Gasteiger partial charge in [-0.2, -0.15) is 0 Å². The minimum Gasteiger partial charge on any atom is -0.435 e. The smallest absolute Gasteiger partial charge is 0.315 e. The maximum atomic E-state index is 11.6. The van der Waals surface area contributed by atoms with Crippen LogP contribution in [0.5, 0.6) is 0 Å². The van der Waals surface area contributed by atoms with E-state index in [1.165, 1.54) is 11.8 Å². The second-order valence-electron chi connectivity index (χ2n) is 5.20. The van der Waals surface area contributed by atoms with Crippen molar-refractivity contribution in [1.82, 2.24) is 0 Å². The Kier molecular flexibility index (Phi) is 7.41. The average Bonchev–Trinajstić information content (AvgIpc) is 2.44. The van der Waals surface area contributed by atoms with E-state index in [1.807, 2.05) is 36.4 Å². The molecule has 0 amide bonds. The fourth-order valence-electron chi connectivity index (χ4n) is 1.97. The maximum absolute atomic E-state index is 11.6. The van der Waals surface area contributed by atoms with Crippen LogP contribution in [-0.2, 0) is 16.0 Å². The molecule has 20 heavy (non-hydrogen) atoms. The summed E-state index contributed by atoms with van der Waals surface area (Å²) in [6, 6.07) is 9.62. The number of hydrogen-bond acceptors (Lipinski definition) is 2. The molecule has 1 rings (SSSR count). The molecule has 0 radical (unpaired) electrons. The summed E-state index contributed by atoms with van der Waals surface area (Å²) >= 11 is 0. The van der Waals surface area contributed by atoms with Crippen molar-refractivity contribution in [2.24, 2.45) is 5.92 Å². The number of carbonyl (C=O) groups excluding carboxylic acids is 1. The number of carbonyl (C=O) groups is 1. The molecule has 0 aliphatic carbocycles. The van der Waals surface area contributed by atoms with Gasteiger partial charge in [-0.05, 0) is 44.2 Å². The van der Waals surface area contributed by atoms with Gasteiger partial charge < -0.3 is 4.74 Å². The van der Waals surface area contributed by atoms with Crippen LogP contribution in [0.4, 0.5) is 0 Å². The molecule has 0 heterocycles. The third-order valence-corrected chi connectivity index (χ3v) is 3.19. The molecule has 1 unspecified atom stereocenters. The summed E-state index contributed by atoms with van der Waals surface area (Å²) in [5.41, 5.74) is 2.37. The van der Waals surface area contributed by atoms with Crippen molar-refractivity contribution in [3.63, 3.8) is 0 Å². The number of esters is 1. The van der Waals surface area contributed by atoms with Crippen molar-refractivity contribution in [2.75, 3.05) is 0 Å². The molecule has 0 bridgehead atoms. The summed E-state index contributed by atoms with van der Waals surface area (Å²) in [5, 5.41) is 0. The molecule has 1 aromatic rings. The number of allylic oxidation sites excluding steroid dienone is 3. The molecular formula is C18H24O2. The molecule has 0 aliphatic heterocycles. The number of benzene rings is 1. The highest BCUT2D eigenvalue weighted by molar-refractivity contribution is 5.73. The van der Waals surface area contributed by atoms with Gasteiger partial charge in [0.2, 0.25) is 0 Å². The highest BCUT2D eigenvalue weighted by Crippen LogP contribution is 2.14. The average molecular weight is 272 g/mol. The monoisotopic (exact) mass is 272 g/mol. The lowest BCUT2D eigenvalue weighted by molar-refractivity contribution is -0.137. The van der Waals surface area contributed by atoms with Gasteiger partial charge in [-0.25, -0.2) is 0 Å². The van der Waals surface area contributed by atoms with Gasteiger partial charge in [-0.1, -0.05) is 48.9 Å². The maximum Gasteiger partial charge on any atom is 0.315 e. The number of ether oxygens (including phenoxy) is 1. The molecule has 0 N–H and O–H groups in total. The van der Waals surface area contributed by atoms with E-state index >= 15 is 0 Å². The minimum absolute atomic E-state index is 0.218. The molecule has 2 heteroatoms. The summed E-state index contributed by atoms with van der Waals surface area (Å²) in [5.74, 6) is 0.347. The van der Waals surface area contributed by atoms with Gasteiger partial charge in [0.25, 0.3) is 0 Å². The van der Waals surface area contributed by atoms with E-state index < -0.39 is 0 Å². The van der Waals surface area contributed by atoms with Crippen LogP contribution in [-0.4, -0.2) is 5.97 Å². The summed E-state index contributed by atoms with van der Waals surface area (Å²) in [6.45, 7) is 6.40. The lowest BCUT2D eigenvalue weighted by Crippen LogP contribution is -2.03. The molecule has 0 fully saturated rings. The van der Waals surface area contributed by atoms with Crippen LogP contribution in [0, 0.1) is 5.92 Å². The van der Waals surface area contributed by atoms with Gasteiger partial charge in [-0.15, -0.1) is 0 Å². The zero-order valence-corrected chi connectivity index (χ0v) is 12.6. The first-order valence-electron chi connectivity index (χ1n) is 7.12. The van der Waals surface area contributed by atoms with Gasteiger partial charge in [0.15, 0.2) is 0 Å². The number of hydrogen-bond donors (Lipinski definition) is 0. The Morgan fingerprint density at radius 3 is 2.65 bits per heavy atom. The Bertz CT molecular complexity index is 458. The van der Waals surface area contributed by atoms with Crippen molar-refractivity contribution in [1.29, 1.82) is 0 Å². The van der Waals surface area contributed by atoms with E-state index in [9.17, 15) is 4.79 Å². The molecule has 0 spiro atoms. The second-order valence-corrected chi connectivity index (χ2v) is 5.20. The first-order valence-corrected chi connectivity index (χ1v) is 7.12. The van der Waals surface area contributed by atoms with Crippen molar-refractivity contribution in [3.05, 3.63) is 59.9 Å². The van der Waals surface area contributed by atoms with Crippen LogP contribution in [0.15, 0.2) is 54.3 Å². The van der Waals surface area contributed by atoms with E-state index in [0.29, 0.717) is 12.3 Å². The standard InChI is InChI=1S/C18H24O2/c1-4-15(2)13-16(3)9-8-12-20-18(19)14-17-10-6-5-7-11-17/h4-8,10-12,16H,9,13-14H2,1-3H3/b12-8+,15-4+. The third-order valence-electron chi connectivity index (χ3n) is 3.19. The first-order chi connectivity index (χ1) is 9.61. The quantitative estimate of drug-likeness (QED) is 0.409. The van der Waals surface area contributed by atoms with E-state index in [4.69, 9.17) is 4.74 Å². The summed E-state index contributed by atoms with van der Waals surface area (Å²) < 4.78 is 5.09. The van der Waals surface area contributed by atoms with Crippen LogP contribution in [0.1, 0.15) is 39.2 Å². The molecule has 1 atom stereocenters. The lowest BCUT2D eigenvalue weighted by atomic mass is 9.99. The second kappa shape index (κ2) is 9.13. The SMILES string of the molecule is C/C=C(\C)CC(C)C/C=C/OC(=O)Cc1ccccc1. The fraction of sp³-hybridized carbons (Fsp3) is 0.389. The summed E-state index contributed by atoms with van der Waals surface area (Å²) in [4.78, 5) is 11.6. The molecule has 0 aliphatic rings. The fourth-order valence-corrected chi connectivity index (χ4v) is 1.97. The Balaban J connectivity index is 2.25. The Morgan fingerprint density at radius 2 is 2.00 bits per heavy atom. The van der Waals surface area contributed by atoms with Crippen molar-refractivity contribution >= 4 is 5.97 Å². The van der Waals surface area contributed by atoms with E-state index in [1.54, 1.807) is 0 Å². The van der Waals surface area contributed by atoms with Gasteiger partial charge >= 0.3 is 5.97 Å². The molecule has 1 aromatic carbocycles. The Hall–Kier alpha value is -1.83. The van der Waals surface area contributed by atoms with Crippen LogP contribution >= 0.6 is 0 Å². The molecule has 0 aromatic heterocycles. The van der Waals surface area contributed by atoms with E-state index in [0.717, 1.165) is 18.4 Å². The topological polar surface area (TPSA) is 26.3 Å². The molecule has 2 nitrogen and oxygen atoms in total. The van der Waals surface area contributed by atoms with E-state index in [2.05, 4.69) is 26.8 Å². The largest absolute Gasteiger partial charge is 0.435 e. The van der Waals surface area contributed by atoms with Crippen molar-refractivity contribution in [3.8, 4) is 0 Å². The van der Waals surface area contributed by atoms with Crippen LogP contribution < -0.4 is 0 Å². The zero-order chi connectivity index (χ0) is 14.8. The normalized spacial score (nSPS) is 13.4. The van der Waals surface area contributed by atoms with Gasteiger partial charge in [-0.3, -0.25) is 4.79 Å². The minimum atomic E-state index is -0.218.